The lowest BCUT2D eigenvalue weighted by Gasteiger charge is -2.01. The maximum Gasteiger partial charge on any atom is 0.208 e. The quantitative estimate of drug-likeness (QED) is 0.601. The van der Waals surface area contributed by atoms with Gasteiger partial charge in [0.1, 0.15) is 12.3 Å². The van der Waals surface area contributed by atoms with Gasteiger partial charge in [-0.1, -0.05) is 5.21 Å². The molecule has 0 radical (unpaired) electrons. The van der Waals surface area contributed by atoms with E-state index in [-0.39, 0.29) is 25.5 Å². The van der Waals surface area contributed by atoms with Gasteiger partial charge in [0, 0.05) is 7.11 Å². The van der Waals surface area contributed by atoms with Crippen LogP contribution in [0.4, 0.5) is 0 Å². The SMILES string of the molecule is COCC(=O)c1cnnn1CCO. The van der Waals surface area contributed by atoms with E-state index in [1.807, 2.05) is 0 Å². The highest BCUT2D eigenvalue weighted by atomic mass is 16.5. The smallest absolute Gasteiger partial charge is 0.208 e. The Kier molecular flexibility index (Phi) is 3.53. The molecule has 0 aliphatic heterocycles. The zero-order valence-corrected chi connectivity index (χ0v) is 7.30. The molecule has 13 heavy (non-hydrogen) atoms. The van der Waals surface area contributed by atoms with Crippen LogP contribution in [0.25, 0.3) is 0 Å². The lowest BCUT2D eigenvalue weighted by Crippen LogP contribution is -2.16. The van der Waals surface area contributed by atoms with E-state index in [1.165, 1.54) is 18.0 Å². The fourth-order valence-corrected chi connectivity index (χ4v) is 0.939. The largest absolute Gasteiger partial charge is 0.394 e. The Morgan fingerprint density at radius 1 is 1.77 bits per heavy atom. The molecule has 72 valence electrons. The molecule has 1 aromatic heterocycles. The van der Waals surface area contributed by atoms with Gasteiger partial charge in [-0.25, -0.2) is 4.68 Å². The highest BCUT2D eigenvalue weighted by molar-refractivity contribution is 5.95. The van der Waals surface area contributed by atoms with Crippen LogP contribution in [0.15, 0.2) is 6.20 Å². The third-order valence-corrected chi connectivity index (χ3v) is 1.49. The van der Waals surface area contributed by atoms with Crippen molar-refractivity contribution in [2.24, 2.45) is 0 Å². The molecule has 0 saturated heterocycles. The number of ketones is 1. The van der Waals surface area contributed by atoms with Gasteiger partial charge in [0.2, 0.25) is 5.78 Å². The van der Waals surface area contributed by atoms with Crippen LogP contribution >= 0.6 is 0 Å². The minimum absolute atomic E-state index is 0.00119. The molecule has 0 aliphatic carbocycles. The molecule has 0 aliphatic rings. The summed E-state index contributed by atoms with van der Waals surface area (Å²) >= 11 is 0. The van der Waals surface area contributed by atoms with Gasteiger partial charge >= 0.3 is 0 Å². The molecule has 1 aromatic rings. The summed E-state index contributed by atoms with van der Waals surface area (Å²) in [5.74, 6) is -0.194. The summed E-state index contributed by atoms with van der Waals surface area (Å²) < 4.78 is 6.03. The summed E-state index contributed by atoms with van der Waals surface area (Å²) in [5.41, 5.74) is 0.357. The first kappa shape index (κ1) is 9.82. The van der Waals surface area contributed by atoms with Crippen molar-refractivity contribution in [1.29, 1.82) is 0 Å². The van der Waals surface area contributed by atoms with E-state index in [4.69, 9.17) is 5.11 Å². The zero-order chi connectivity index (χ0) is 9.68. The Labute approximate surface area is 75.1 Å². The van der Waals surface area contributed by atoms with Gasteiger partial charge in [-0.15, -0.1) is 5.10 Å². The van der Waals surface area contributed by atoms with Gasteiger partial charge < -0.3 is 9.84 Å². The Morgan fingerprint density at radius 2 is 2.54 bits per heavy atom. The summed E-state index contributed by atoms with van der Waals surface area (Å²) in [6.45, 7) is 0.195. The second kappa shape index (κ2) is 4.68. The van der Waals surface area contributed by atoms with Gasteiger partial charge in [-0.2, -0.15) is 0 Å². The number of aromatic nitrogens is 3. The molecular weight excluding hydrogens is 174 g/mol. The van der Waals surface area contributed by atoms with Gasteiger partial charge in [0.05, 0.1) is 19.3 Å². The Hall–Kier alpha value is -1.27. The topological polar surface area (TPSA) is 77.2 Å². The molecular formula is C7H11N3O3. The minimum Gasteiger partial charge on any atom is -0.394 e. The van der Waals surface area contributed by atoms with Crippen molar-refractivity contribution >= 4 is 5.78 Å². The van der Waals surface area contributed by atoms with Crippen LogP contribution < -0.4 is 0 Å². The molecule has 6 heteroatoms. The highest BCUT2D eigenvalue weighted by Gasteiger charge is 2.11. The van der Waals surface area contributed by atoms with Crippen molar-refractivity contribution in [2.45, 2.75) is 6.54 Å². The van der Waals surface area contributed by atoms with Crippen molar-refractivity contribution in [3.05, 3.63) is 11.9 Å². The fraction of sp³-hybridized carbons (Fsp3) is 0.571. The van der Waals surface area contributed by atoms with Crippen LogP contribution in [-0.4, -0.2) is 46.2 Å². The fourth-order valence-electron chi connectivity index (χ4n) is 0.939. The van der Waals surface area contributed by atoms with E-state index in [2.05, 4.69) is 15.0 Å². The molecule has 0 bridgehead atoms. The van der Waals surface area contributed by atoms with Crippen LogP contribution in [0.1, 0.15) is 10.5 Å². The van der Waals surface area contributed by atoms with Crippen LogP contribution in [0.3, 0.4) is 0 Å². The summed E-state index contributed by atoms with van der Waals surface area (Å²) in [5, 5.41) is 15.9. The Bertz CT molecular complexity index is 284. The first-order valence-corrected chi connectivity index (χ1v) is 3.81. The predicted octanol–water partition coefficient (Wildman–Crippen LogP) is -0.901. The zero-order valence-electron chi connectivity index (χ0n) is 7.30. The molecule has 0 aromatic carbocycles. The lowest BCUT2D eigenvalue weighted by atomic mass is 10.3. The molecule has 0 unspecified atom stereocenters. The molecule has 0 saturated carbocycles. The summed E-state index contributed by atoms with van der Waals surface area (Å²) in [4.78, 5) is 11.3. The minimum atomic E-state index is -0.194. The molecule has 0 amide bonds. The summed E-state index contributed by atoms with van der Waals surface area (Å²) in [7, 11) is 1.44. The molecule has 1 rings (SSSR count). The number of aliphatic hydroxyl groups excluding tert-OH is 1. The second-order valence-corrected chi connectivity index (χ2v) is 2.42. The molecule has 6 nitrogen and oxygen atoms in total. The van der Waals surface area contributed by atoms with Crippen LogP contribution in [0.5, 0.6) is 0 Å². The van der Waals surface area contributed by atoms with Gasteiger partial charge in [-0.05, 0) is 0 Å². The number of ether oxygens (including phenoxy) is 1. The van der Waals surface area contributed by atoms with Crippen molar-refractivity contribution in [3.63, 3.8) is 0 Å². The van der Waals surface area contributed by atoms with E-state index >= 15 is 0 Å². The van der Waals surface area contributed by atoms with Gasteiger partial charge in [0.15, 0.2) is 0 Å². The molecule has 1 heterocycles. The number of hydrogen-bond donors (Lipinski definition) is 1. The highest BCUT2D eigenvalue weighted by Crippen LogP contribution is 1.97. The average molecular weight is 185 g/mol. The number of carbonyl (C=O) groups is 1. The van der Waals surface area contributed by atoms with Crippen molar-refractivity contribution in [1.82, 2.24) is 15.0 Å². The van der Waals surface area contributed by atoms with Crippen LogP contribution in [0.2, 0.25) is 0 Å². The lowest BCUT2D eigenvalue weighted by molar-refractivity contribution is 0.0835. The standard InChI is InChI=1S/C7H11N3O3/c1-13-5-7(12)6-4-8-9-10(6)2-3-11/h4,11H,2-3,5H2,1H3. The maximum atomic E-state index is 11.3. The number of Topliss-reactive ketones (excluding diaryl/α,β-unsaturated/α-hetero) is 1. The number of aliphatic hydroxyl groups is 1. The Morgan fingerprint density at radius 3 is 3.15 bits per heavy atom. The van der Waals surface area contributed by atoms with E-state index in [9.17, 15) is 4.79 Å². The molecule has 1 N–H and O–H groups in total. The van der Waals surface area contributed by atoms with E-state index in [0.29, 0.717) is 5.69 Å². The third-order valence-electron chi connectivity index (χ3n) is 1.49. The number of hydrogen-bond acceptors (Lipinski definition) is 5. The third kappa shape index (κ3) is 2.33. The van der Waals surface area contributed by atoms with Crippen LogP contribution in [-0.2, 0) is 11.3 Å². The predicted molar refractivity (Wildman–Crippen MR) is 43.3 cm³/mol. The average Bonchev–Trinajstić information content (AvgIpc) is 2.54. The van der Waals surface area contributed by atoms with Crippen molar-refractivity contribution in [3.8, 4) is 0 Å². The number of carbonyl (C=O) groups excluding carboxylic acids is 1. The monoisotopic (exact) mass is 185 g/mol. The van der Waals surface area contributed by atoms with E-state index in [0.717, 1.165) is 0 Å². The number of rotatable bonds is 5. The maximum absolute atomic E-state index is 11.3. The molecule has 0 atom stereocenters. The normalized spacial score (nSPS) is 10.3. The summed E-state index contributed by atoms with van der Waals surface area (Å²) in [6, 6.07) is 0. The van der Waals surface area contributed by atoms with E-state index in [1.54, 1.807) is 0 Å². The first-order chi connectivity index (χ1) is 6.29. The van der Waals surface area contributed by atoms with Crippen molar-refractivity contribution < 1.29 is 14.6 Å². The van der Waals surface area contributed by atoms with E-state index < -0.39 is 0 Å². The Balaban J connectivity index is 2.74. The summed E-state index contributed by atoms with van der Waals surface area (Å²) in [6.07, 6.45) is 1.36. The number of nitrogens with zero attached hydrogens (tertiary/aromatic N) is 3. The van der Waals surface area contributed by atoms with Gasteiger partial charge in [0.25, 0.3) is 0 Å². The molecule has 0 fully saturated rings. The number of methoxy groups -OCH3 is 1. The molecule has 0 spiro atoms. The first-order valence-electron chi connectivity index (χ1n) is 3.81. The van der Waals surface area contributed by atoms with Crippen molar-refractivity contribution in [2.75, 3.05) is 20.3 Å². The van der Waals surface area contributed by atoms with Crippen LogP contribution in [0, 0.1) is 0 Å². The van der Waals surface area contributed by atoms with Gasteiger partial charge in [-0.3, -0.25) is 4.79 Å². The second-order valence-electron chi connectivity index (χ2n) is 2.42.